The van der Waals surface area contributed by atoms with Crippen molar-refractivity contribution in [3.8, 4) is 0 Å². The molecule has 1 aromatic rings. The van der Waals surface area contributed by atoms with Crippen molar-refractivity contribution in [2.24, 2.45) is 11.8 Å². The third-order valence-corrected chi connectivity index (χ3v) is 4.36. The van der Waals surface area contributed by atoms with E-state index in [-0.39, 0.29) is 17.7 Å². The molecule has 2 rings (SSSR count). The molecule has 0 spiro atoms. The van der Waals surface area contributed by atoms with Crippen LogP contribution < -0.4 is 0 Å². The predicted octanol–water partition coefficient (Wildman–Crippen LogP) is 2.71. The minimum atomic E-state index is -0.775. The Balaban J connectivity index is 1.92. The van der Waals surface area contributed by atoms with E-state index in [1.807, 2.05) is 0 Å². The zero-order valence-electron chi connectivity index (χ0n) is 12.7. The summed E-state index contributed by atoms with van der Waals surface area (Å²) in [5.74, 6) is -1.19. The predicted molar refractivity (Wildman–Crippen MR) is 80.8 cm³/mol. The summed E-state index contributed by atoms with van der Waals surface area (Å²) < 4.78 is 0. The Morgan fingerprint density at radius 3 is 2.24 bits per heavy atom. The van der Waals surface area contributed by atoms with Crippen LogP contribution in [0.2, 0.25) is 0 Å². The quantitative estimate of drug-likeness (QED) is 0.906. The summed E-state index contributed by atoms with van der Waals surface area (Å²) in [5, 5.41) is 9.01. The average molecular weight is 289 g/mol. The number of carbonyl (C=O) groups is 2. The van der Waals surface area contributed by atoms with Crippen molar-refractivity contribution in [1.29, 1.82) is 0 Å². The van der Waals surface area contributed by atoms with Gasteiger partial charge in [-0.15, -0.1) is 0 Å². The van der Waals surface area contributed by atoms with E-state index in [1.165, 1.54) is 5.56 Å². The van der Waals surface area contributed by atoms with E-state index in [0.717, 1.165) is 12.0 Å². The van der Waals surface area contributed by atoms with Crippen LogP contribution in [-0.2, 0) is 22.6 Å². The van der Waals surface area contributed by atoms with Gasteiger partial charge in [0.1, 0.15) is 0 Å². The molecule has 0 aliphatic heterocycles. The van der Waals surface area contributed by atoms with Gasteiger partial charge in [-0.25, -0.2) is 0 Å². The van der Waals surface area contributed by atoms with Crippen molar-refractivity contribution in [3.05, 3.63) is 35.4 Å². The maximum Gasteiger partial charge on any atom is 0.306 e. The topological polar surface area (TPSA) is 57.6 Å². The van der Waals surface area contributed by atoms with Crippen LogP contribution >= 0.6 is 0 Å². The van der Waals surface area contributed by atoms with E-state index in [9.17, 15) is 9.59 Å². The van der Waals surface area contributed by atoms with Crippen molar-refractivity contribution in [2.45, 2.75) is 39.2 Å². The van der Waals surface area contributed by atoms with Crippen molar-refractivity contribution in [1.82, 2.24) is 4.90 Å². The molecule has 1 aliphatic rings. The molecule has 1 aromatic carbocycles. The molecule has 1 aliphatic carbocycles. The monoisotopic (exact) mass is 289 g/mol. The molecule has 1 amide bonds. The molecule has 1 N–H and O–H groups in total. The Bertz CT molecular complexity index is 509. The first kappa shape index (κ1) is 15.5. The first-order valence-corrected chi connectivity index (χ1v) is 7.56. The number of carbonyl (C=O) groups excluding carboxylic acids is 1. The lowest BCUT2D eigenvalue weighted by Gasteiger charge is -2.21. The molecule has 2 atom stereocenters. The first-order valence-electron chi connectivity index (χ1n) is 7.56. The Kier molecular flexibility index (Phi) is 4.99. The summed E-state index contributed by atoms with van der Waals surface area (Å²) in [7, 11) is 1.80. The molecule has 2 unspecified atom stereocenters. The Hall–Kier alpha value is -1.84. The van der Waals surface area contributed by atoms with E-state index in [2.05, 4.69) is 31.2 Å². The molecular weight excluding hydrogens is 266 g/mol. The fourth-order valence-corrected chi connectivity index (χ4v) is 2.97. The van der Waals surface area contributed by atoms with Gasteiger partial charge < -0.3 is 10.0 Å². The molecular formula is C17H23NO3. The molecule has 0 bridgehead atoms. The number of hydrogen-bond acceptors (Lipinski definition) is 2. The number of carboxylic acid groups (broad SMARTS) is 1. The molecule has 21 heavy (non-hydrogen) atoms. The van der Waals surface area contributed by atoms with Crippen molar-refractivity contribution in [3.63, 3.8) is 0 Å². The number of nitrogens with zero attached hydrogens (tertiary/aromatic N) is 1. The number of aryl methyl sites for hydroxylation is 1. The zero-order valence-corrected chi connectivity index (χ0v) is 12.7. The molecule has 1 fully saturated rings. The second kappa shape index (κ2) is 6.74. The van der Waals surface area contributed by atoms with E-state index < -0.39 is 5.97 Å². The summed E-state index contributed by atoms with van der Waals surface area (Å²) in [4.78, 5) is 25.1. The van der Waals surface area contributed by atoms with Crippen molar-refractivity contribution < 1.29 is 14.7 Å². The minimum Gasteiger partial charge on any atom is -0.481 e. The van der Waals surface area contributed by atoms with Crippen molar-refractivity contribution >= 4 is 11.9 Å². The smallest absolute Gasteiger partial charge is 0.306 e. The Morgan fingerprint density at radius 1 is 1.14 bits per heavy atom. The van der Waals surface area contributed by atoms with Gasteiger partial charge >= 0.3 is 5.97 Å². The van der Waals surface area contributed by atoms with Crippen LogP contribution in [0.3, 0.4) is 0 Å². The van der Waals surface area contributed by atoms with Crippen LogP contribution in [0.1, 0.15) is 37.3 Å². The highest BCUT2D eigenvalue weighted by molar-refractivity contribution is 5.80. The fraction of sp³-hybridized carbons (Fsp3) is 0.529. The zero-order chi connectivity index (χ0) is 15.4. The summed E-state index contributed by atoms with van der Waals surface area (Å²) in [6, 6.07) is 8.28. The van der Waals surface area contributed by atoms with Gasteiger partial charge in [0.15, 0.2) is 0 Å². The third kappa shape index (κ3) is 3.84. The van der Waals surface area contributed by atoms with E-state index in [1.54, 1.807) is 11.9 Å². The number of benzene rings is 1. The summed E-state index contributed by atoms with van der Waals surface area (Å²) in [5.41, 5.74) is 2.39. The molecule has 4 heteroatoms. The van der Waals surface area contributed by atoms with Gasteiger partial charge in [-0.1, -0.05) is 31.2 Å². The van der Waals surface area contributed by atoms with Crippen LogP contribution in [0.25, 0.3) is 0 Å². The number of hydrogen-bond donors (Lipinski definition) is 1. The first-order chi connectivity index (χ1) is 10.0. The molecule has 4 nitrogen and oxygen atoms in total. The Morgan fingerprint density at radius 2 is 1.71 bits per heavy atom. The summed E-state index contributed by atoms with van der Waals surface area (Å²) in [6.45, 7) is 2.70. The SMILES string of the molecule is CCc1ccc(CN(C)C(=O)C2CCC(C(=O)O)C2)cc1. The highest BCUT2D eigenvalue weighted by Crippen LogP contribution is 2.32. The maximum atomic E-state index is 12.4. The molecule has 0 radical (unpaired) electrons. The van der Waals surface area contributed by atoms with Gasteiger partial charge in [-0.2, -0.15) is 0 Å². The number of amides is 1. The molecule has 0 heterocycles. The van der Waals surface area contributed by atoms with Crippen LogP contribution in [-0.4, -0.2) is 28.9 Å². The summed E-state index contributed by atoms with van der Waals surface area (Å²) in [6.07, 6.45) is 2.79. The normalized spacial score (nSPS) is 21.2. The minimum absolute atomic E-state index is 0.0679. The highest BCUT2D eigenvalue weighted by atomic mass is 16.4. The van der Waals surface area contributed by atoms with Crippen LogP contribution in [0.15, 0.2) is 24.3 Å². The van der Waals surface area contributed by atoms with Gasteiger partial charge in [0.2, 0.25) is 5.91 Å². The third-order valence-electron chi connectivity index (χ3n) is 4.36. The van der Waals surface area contributed by atoms with Crippen LogP contribution in [0, 0.1) is 11.8 Å². The van der Waals surface area contributed by atoms with Gasteiger partial charge in [-0.05, 0) is 36.8 Å². The summed E-state index contributed by atoms with van der Waals surface area (Å²) >= 11 is 0. The van der Waals surface area contributed by atoms with Gasteiger partial charge in [0, 0.05) is 19.5 Å². The van der Waals surface area contributed by atoms with Crippen molar-refractivity contribution in [2.75, 3.05) is 7.05 Å². The Labute approximate surface area is 125 Å². The lowest BCUT2D eigenvalue weighted by Crippen LogP contribution is -2.31. The standard InChI is InChI=1S/C17H23NO3/c1-3-12-4-6-13(7-5-12)11-18(2)16(19)14-8-9-15(10-14)17(20)21/h4-7,14-15H,3,8-11H2,1-2H3,(H,20,21). The lowest BCUT2D eigenvalue weighted by molar-refractivity contribution is -0.141. The van der Waals surface area contributed by atoms with E-state index in [0.29, 0.717) is 25.8 Å². The second-order valence-corrected chi connectivity index (χ2v) is 5.91. The van der Waals surface area contributed by atoms with E-state index in [4.69, 9.17) is 5.11 Å². The molecule has 114 valence electrons. The largest absolute Gasteiger partial charge is 0.481 e. The molecule has 0 saturated heterocycles. The maximum absolute atomic E-state index is 12.4. The average Bonchev–Trinajstić information content (AvgIpc) is 2.97. The fourth-order valence-electron chi connectivity index (χ4n) is 2.97. The lowest BCUT2D eigenvalue weighted by atomic mass is 10.0. The van der Waals surface area contributed by atoms with Crippen LogP contribution in [0.4, 0.5) is 0 Å². The molecule has 0 aromatic heterocycles. The van der Waals surface area contributed by atoms with Gasteiger partial charge in [0.25, 0.3) is 0 Å². The number of carboxylic acids is 1. The van der Waals surface area contributed by atoms with Crippen LogP contribution in [0.5, 0.6) is 0 Å². The van der Waals surface area contributed by atoms with E-state index >= 15 is 0 Å². The second-order valence-electron chi connectivity index (χ2n) is 5.91. The van der Waals surface area contributed by atoms with Gasteiger partial charge in [0.05, 0.1) is 5.92 Å². The number of rotatable bonds is 5. The number of aliphatic carboxylic acids is 1. The molecule has 1 saturated carbocycles. The highest BCUT2D eigenvalue weighted by Gasteiger charge is 2.35. The van der Waals surface area contributed by atoms with Gasteiger partial charge in [-0.3, -0.25) is 9.59 Å².